The van der Waals surface area contributed by atoms with Gasteiger partial charge in [0.15, 0.2) is 5.82 Å². The predicted octanol–water partition coefficient (Wildman–Crippen LogP) is 2.43. The highest BCUT2D eigenvalue weighted by Gasteiger charge is 2.21. The lowest BCUT2D eigenvalue weighted by Crippen LogP contribution is -2.13. The Morgan fingerprint density at radius 1 is 1.44 bits per heavy atom. The van der Waals surface area contributed by atoms with Gasteiger partial charge in [0.05, 0.1) is 18.9 Å². The van der Waals surface area contributed by atoms with E-state index in [1.165, 1.54) is 6.07 Å². The first-order chi connectivity index (χ1) is 8.66. The average molecular weight is 312 g/mol. The van der Waals surface area contributed by atoms with Gasteiger partial charge in [-0.1, -0.05) is 15.9 Å². The number of benzene rings is 1. The molecule has 1 aliphatic heterocycles. The van der Waals surface area contributed by atoms with Crippen LogP contribution in [0.2, 0.25) is 0 Å². The molecule has 3 rings (SSSR count). The highest BCUT2D eigenvalue weighted by atomic mass is 79.9. The molecule has 18 heavy (non-hydrogen) atoms. The number of aromatic nitrogens is 2. The molecule has 1 aliphatic rings. The minimum absolute atomic E-state index is 0.332. The molecule has 0 spiro atoms. The van der Waals surface area contributed by atoms with Crippen molar-refractivity contribution in [2.24, 2.45) is 0 Å². The first-order valence-corrected chi connectivity index (χ1v) is 6.35. The van der Waals surface area contributed by atoms with Crippen molar-refractivity contribution in [1.82, 2.24) is 9.78 Å². The monoisotopic (exact) mass is 311 g/mol. The molecule has 0 saturated carbocycles. The molecule has 0 amide bonds. The van der Waals surface area contributed by atoms with Crippen molar-refractivity contribution in [3.63, 3.8) is 0 Å². The van der Waals surface area contributed by atoms with Crippen LogP contribution in [0.15, 0.2) is 22.7 Å². The van der Waals surface area contributed by atoms with Crippen LogP contribution < -0.4 is 5.73 Å². The molecule has 94 valence electrons. The van der Waals surface area contributed by atoms with E-state index in [2.05, 4.69) is 21.0 Å². The molecule has 2 aromatic rings. The van der Waals surface area contributed by atoms with Crippen molar-refractivity contribution < 1.29 is 9.13 Å². The molecule has 1 aromatic heterocycles. The SMILES string of the molecule is Nc1nn(-c2ccc(Br)cc2F)c2c1COCC2. The van der Waals surface area contributed by atoms with Gasteiger partial charge >= 0.3 is 0 Å². The van der Waals surface area contributed by atoms with Gasteiger partial charge < -0.3 is 10.5 Å². The molecule has 0 saturated heterocycles. The lowest BCUT2D eigenvalue weighted by Gasteiger charge is -2.15. The number of ether oxygens (including phenoxy) is 1. The van der Waals surface area contributed by atoms with Gasteiger partial charge in [-0.2, -0.15) is 0 Å². The van der Waals surface area contributed by atoms with Crippen molar-refractivity contribution in [3.8, 4) is 5.69 Å². The van der Waals surface area contributed by atoms with Crippen LogP contribution >= 0.6 is 15.9 Å². The average Bonchev–Trinajstić information content (AvgIpc) is 2.68. The zero-order valence-electron chi connectivity index (χ0n) is 9.49. The van der Waals surface area contributed by atoms with Crippen molar-refractivity contribution in [2.75, 3.05) is 12.3 Å². The van der Waals surface area contributed by atoms with Gasteiger partial charge in [-0.15, -0.1) is 5.10 Å². The molecule has 6 heteroatoms. The molecule has 0 unspecified atom stereocenters. The Morgan fingerprint density at radius 3 is 3.06 bits per heavy atom. The maximum Gasteiger partial charge on any atom is 0.151 e. The summed E-state index contributed by atoms with van der Waals surface area (Å²) in [5.41, 5.74) is 8.04. The molecule has 0 radical (unpaired) electrons. The zero-order chi connectivity index (χ0) is 12.7. The van der Waals surface area contributed by atoms with Crippen molar-refractivity contribution in [2.45, 2.75) is 13.0 Å². The second kappa shape index (κ2) is 4.37. The van der Waals surface area contributed by atoms with Gasteiger partial charge in [0.1, 0.15) is 11.5 Å². The number of hydrogen-bond acceptors (Lipinski definition) is 3. The summed E-state index contributed by atoms with van der Waals surface area (Å²) < 4.78 is 21.6. The van der Waals surface area contributed by atoms with Gasteiger partial charge in [0.2, 0.25) is 0 Å². The molecule has 2 N–H and O–H groups in total. The Hall–Kier alpha value is -1.40. The van der Waals surface area contributed by atoms with E-state index in [1.54, 1.807) is 16.8 Å². The summed E-state index contributed by atoms with van der Waals surface area (Å²) in [5, 5.41) is 4.21. The largest absolute Gasteiger partial charge is 0.382 e. The summed E-state index contributed by atoms with van der Waals surface area (Å²) in [4.78, 5) is 0. The van der Waals surface area contributed by atoms with Gasteiger partial charge in [0, 0.05) is 16.5 Å². The molecule has 2 heterocycles. The lowest BCUT2D eigenvalue weighted by atomic mass is 10.1. The topological polar surface area (TPSA) is 53.1 Å². The van der Waals surface area contributed by atoms with E-state index in [1.807, 2.05) is 0 Å². The third-order valence-corrected chi connectivity index (χ3v) is 3.48. The summed E-state index contributed by atoms with van der Waals surface area (Å²) in [5.74, 6) is 0.0770. The third kappa shape index (κ3) is 1.81. The van der Waals surface area contributed by atoms with Crippen LogP contribution in [-0.4, -0.2) is 16.4 Å². The van der Waals surface area contributed by atoms with Crippen LogP contribution in [0.3, 0.4) is 0 Å². The molecule has 4 nitrogen and oxygen atoms in total. The van der Waals surface area contributed by atoms with Crippen LogP contribution in [0.1, 0.15) is 11.3 Å². The van der Waals surface area contributed by atoms with E-state index in [9.17, 15) is 4.39 Å². The van der Waals surface area contributed by atoms with Crippen molar-refractivity contribution in [3.05, 3.63) is 39.7 Å². The number of nitrogens with two attached hydrogens (primary N) is 1. The number of anilines is 1. The minimum atomic E-state index is -0.332. The second-order valence-electron chi connectivity index (χ2n) is 4.12. The van der Waals surface area contributed by atoms with E-state index in [0.717, 1.165) is 11.3 Å². The van der Waals surface area contributed by atoms with Gasteiger partial charge in [0.25, 0.3) is 0 Å². The van der Waals surface area contributed by atoms with Crippen LogP contribution in [0.25, 0.3) is 5.69 Å². The van der Waals surface area contributed by atoms with Crippen LogP contribution in [0, 0.1) is 5.82 Å². The van der Waals surface area contributed by atoms with E-state index in [-0.39, 0.29) is 5.82 Å². The maximum atomic E-state index is 14.0. The van der Waals surface area contributed by atoms with Crippen LogP contribution in [0.4, 0.5) is 10.2 Å². The van der Waals surface area contributed by atoms with Crippen molar-refractivity contribution in [1.29, 1.82) is 0 Å². The fraction of sp³-hybridized carbons (Fsp3) is 0.250. The number of nitrogen functional groups attached to an aromatic ring is 1. The molecule has 0 fully saturated rings. The summed E-state index contributed by atoms with van der Waals surface area (Å²) in [6.07, 6.45) is 0.690. The normalized spacial score (nSPS) is 14.6. The molecular formula is C12H11BrFN3O. The quantitative estimate of drug-likeness (QED) is 0.880. The van der Waals surface area contributed by atoms with E-state index >= 15 is 0 Å². The number of rotatable bonds is 1. The highest BCUT2D eigenvalue weighted by Crippen LogP contribution is 2.27. The predicted molar refractivity (Wildman–Crippen MR) is 69.0 cm³/mol. The van der Waals surface area contributed by atoms with E-state index < -0.39 is 0 Å². The molecule has 0 aliphatic carbocycles. The number of fused-ring (bicyclic) bond motifs is 1. The first-order valence-electron chi connectivity index (χ1n) is 5.56. The molecule has 1 aromatic carbocycles. The Morgan fingerprint density at radius 2 is 2.28 bits per heavy atom. The Kier molecular flexibility index (Phi) is 2.83. The van der Waals surface area contributed by atoms with E-state index in [0.29, 0.717) is 35.6 Å². The highest BCUT2D eigenvalue weighted by molar-refractivity contribution is 9.10. The number of hydrogen-bond donors (Lipinski definition) is 1. The Bertz CT molecular complexity index is 612. The summed E-state index contributed by atoms with van der Waals surface area (Å²) in [6.45, 7) is 1.05. The second-order valence-corrected chi connectivity index (χ2v) is 5.04. The lowest BCUT2D eigenvalue weighted by molar-refractivity contribution is 0.110. The molecule has 0 atom stereocenters. The summed E-state index contributed by atoms with van der Waals surface area (Å²) in [7, 11) is 0. The fourth-order valence-electron chi connectivity index (χ4n) is 2.11. The zero-order valence-corrected chi connectivity index (χ0v) is 11.1. The smallest absolute Gasteiger partial charge is 0.151 e. The van der Waals surface area contributed by atoms with Crippen LogP contribution in [-0.2, 0) is 17.8 Å². The maximum absolute atomic E-state index is 14.0. The van der Waals surface area contributed by atoms with Crippen molar-refractivity contribution >= 4 is 21.7 Å². The Balaban J connectivity index is 2.17. The first kappa shape index (κ1) is 11.7. The molecular weight excluding hydrogens is 301 g/mol. The van der Waals surface area contributed by atoms with Gasteiger partial charge in [-0.25, -0.2) is 9.07 Å². The minimum Gasteiger partial charge on any atom is -0.382 e. The molecule has 0 bridgehead atoms. The van der Waals surface area contributed by atoms with Gasteiger partial charge in [-0.3, -0.25) is 0 Å². The standard InChI is InChI=1S/C12H11BrFN3O/c13-7-1-2-11(9(14)5-7)17-10-3-4-18-6-8(10)12(15)16-17/h1-2,5H,3-4,6H2,(H2,15,16). The summed E-state index contributed by atoms with van der Waals surface area (Å²) in [6, 6.07) is 4.88. The fourth-order valence-corrected chi connectivity index (χ4v) is 2.45. The van der Waals surface area contributed by atoms with Gasteiger partial charge in [-0.05, 0) is 18.2 Å². The van der Waals surface area contributed by atoms with Crippen LogP contribution in [0.5, 0.6) is 0 Å². The third-order valence-electron chi connectivity index (χ3n) is 2.99. The number of nitrogens with zero attached hydrogens (tertiary/aromatic N) is 2. The Labute approximate surface area is 112 Å². The number of halogens is 2. The van der Waals surface area contributed by atoms with E-state index in [4.69, 9.17) is 10.5 Å². The summed E-state index contributed by atoms with van der Waals surface area (Å²) >= 11 is 3.23.